The average Bonchev–Trinajstić information content (AvgIpc) is 2.92. The zero-order valence-corrected chi connectivity index (χ0v) is 23.8. The Bertz CT molecular complexity index is 1100. The molecule has 3 atom stereocenters. The maximum atomic E-state index is 13.4. The van der Waals surface area contributed by atoms with Crippen molar-refractivity contribution in [3.05, 3.63) is 59.2 Å². The minimum absolute atomic E-state index is 0.277. The quantitative estimate of drug-likeness (QED) is 0.357. The van der Waals surface area contributed by atoms with Crippen molar-refractivity contribution in [1.29, 1.82) is 0 Å². The summed E-state index contributed by atoms with van der Waals surface area (Å²) in [4.78, 5) is 27.7. The maximum Gasteiger partial charge on any atom is 0.326 e. The van der Waals surface area contributed by atoms with E-state index >= 15 is 0 Å². The Morgan fingerprint density at radius 2 is 1.87 bits per heavy atom. The summed E-state index contributed by atoms with van der Waals surface area (Å²) in [5.41, 5.74) is 4.58. The highest BCUT2D eigenvalue weighted by Gasteiger charge is 2.39. The van der Waals surface area contributed by atoms with Gasteiger partial charge < -0.3 is 15.2 Å². The number of hydrogen-bond acceptors (Lipinski definition) is 5. The van der Waals surface area contributed by atoms with Crippen molar-refractivity contribution in [2.24, 2.45) is 5.92 Å². The van der Waals surface area contributed by atoms with Gasteiger partial charge in [-0.05, 0) is 84.9 Å². The summed E-state index contributed by atoms with van der Waals surface area (Å²) in [6.45, 7) is 3.90. The lowest BCUT2D eigenvalue weighted by Gasteiger charge is -2.48. The van der Waals surface area contributed by atoms with E-state index in [0.717, 1.165) is 41.8 Å². The fourth-order valence-corrected chi connectivity index (χ4v) is 6.58. The highest BCUT2D eigenvalue weighted by Crippen LogP contribution is 2.36. The van der Waals surface area contributed by atoms with Gasteiger partial charge in [0, 0.05) is 31.8 Å². The fraction of sp³-hybridized carbons (Fsp3) is 0.548. The Balaban J connectivity index is 1.57. The molecule has 0 aromatic heterocycles. The second-order valence-electron chi connectivity index (χ2n) is 10.8. The van der Waals surface area contributed by atoms with Crippen LogP contribution in [0, 0.1) is 12.8 Å². The van der Waals surface area contributed by atoms with Crippen LogP contribution >= 0.6 is 11.8 Å². The van der Waals surface area contributed by atoms with Gasteiger partial charge >= 0.3 is 5.97 Å². The second kappa shape index (κ2) is 13.6. The maximum absolute atomic E-state index is 13.4. The first-order chi connectivity index (χ1) is 18.4. The predicted molar refractivity (Wildman–Crippen MR) is 155 cm³/mol. The molecule has 2 aromatic carbocycles. The number of nitrogens with one attached hydrogen (secondary N) is 1. The normalized spacial score (nSPS) is 19.9. The summed E-state index contributed by atoms with van der Waals surface area (Å²) in [5, 5.41) is 12.4. The van der Waals surface area contributed by atoms with Crippen LogP contribution in [-0.2, 0) is 16.1 Å². The van der Waals surface area contributed by atoms with Gasteiger partial charge in [-0.2, -0.15) is 11.8 Å². The summed E-state index contributed by atoms with van der Waals surface area (Å²) in [6.07, 6.45) is 10.2. The third-order valence-corrected chi connectivity index (χ3v) is 8.95. The Morgan fingerprint density at radius 3 is 2.50 bits per heavy atom. The van der Waals surface area contributed by atoms with Crippen LogP contribution in [-0.4, -0.2) is 65.7 Å². The third-order valence-electron chi connectivity index (χ3n) is 8.31. The molecule has 1 saturated heterocycles. The van der Waals surface area contributed by atoms with E-state index in [1.54, 1.807) is 11.8 Å². The van der Waals surface area contributed by atoms with Crippen LogP contribution in [0.3, 0.4) is 0 Å². The van der Waals surface area contributed by atoms with Crippen molar-refractivity contribution < 1.29 is 19.4 Å². The standard InChI is InChI=1S/C31H42N2O4S/c1-21-9-7-8-12-24(21)26-19-22(13-14-25(26)30(34)32-27(31(35)36)16-18-38-3)20-33-17-15-28(33)29(37-2)23-10-5-4-6-11-23/h7-9,12-14,19,23,27-29H,4-6,10-11,15-18,20H2,1-3H3,(H,32,34)(H,35,36)/t27-,28-,29?/m0/s1. The molecule has 0 radical (unpaired) electrons. The van der Waals surface area contributed by atoms with Crippen molar-refractivity contribution in [2.45, 2.75) is 76.6 Å². The summed E-state index contributed by atoms with van der Waals surface area (Å²) in [5.74, 6) is -0.0393. The molecule has 6 nitrogen and oxygen atoms in total. The number of benzene rings is 2. The lowest BCUT2D eigenvalue weighted by molar-refractivity contribution is -0.139. The molecule has 1 aliphatic heterocycles. The first-order valence-electron chi connectivity index (χ1n) is 13.9. The van der Waals surface area contributed by atoms with Crippen LogP contribution in [0.4, 0.5) is 0 Å². The Morgan fingerprint density at radius 1 is 1.11 bits per heavy atom. The van der Waals surface area contributed by atoms with Crippen LogP contribution < -0.4 is 5.32 Å². The molecule has 2 N–H and O–H groups in total. The van der Waals surface area contributed by atoms with Crippen LogP contribution in [0.25, 0.3) is 11.1 Å². The van der Waals surface area contributed by atoms with Gasteiger partial charge in [0.1, 0.15) is 6.04 Å². The van der Waals surface area contributed by atoms with Gasteiger partial charge in [0.2, 0.25) is 0 Å². The van der Waals surface area contributed by atoms with E-state index in [0.29, 0.717) is 29.7 Å². The van der Waals surface area contributed by atoms with Crippen molar-refractivity contribution in [1.82, 2.24) is 10.2 Å². The van der Waals surface area contributed by atoms with Gasteiger partial charge in [-0.3, -0.25) is 9.69 Å². The van der Waals surface area contributed by atoms with Crippen LogP contribution in [0.1, 0.15) is 66.4 Å². The van der Waals surface area contributed by atoms with Crippen LogP contribution in [0.2, 0.25) is 0 Å². The molecule has 1 heterocycles. The summed E-state index contributed by atoms with van der Waals surface area (Å²) < 4.78 is 6.06. The fourth-order valence-electron chi connectivity index (χ4n) is 6.10. The lowest BCUT2D eigenvalue weighted by atomic mass is 9.79. The number of carboxylic acids is 1. The molecule has 1 saturated carbocycles. The number of amides is 1. The zero-order valence-electron chi connectivity index (χ0n) is 22.9. The number of carbonyl (C=O) groups excluding carboxylic acids is 1. The summed E-state index contributed by atoms with van der Waals surface area (Å²) in [7, 11) is 1.86. The number of aliphatic carboxylic acids is 1. The van der Waals surface area contributed by atoms with E-state index < -0.39 is 12.0 Å². The highest BCUT2D eigenvalue weighted by atomic mass is 32.2. The van der Waals surface area contributed by atoms with Gasteiger partial charge in [0.25, 0.3) is 5.91 Å². The molecule has 1 unspecified atom stereocenters. The molecule has 2 aliphatic rings. The van der Waals surface area contributed by atoms with E-state index in [1.807, 2.05) is 56.7 Å². The predicted octanol–water partition coefficient (Wildman–Crippen LogP) is 5.77. The number of methoxy groups -OCH3 is 1. The topological polar surface area (TPSA) is 78.9 Å². The molecular formula is C31H42N2O4S. The molecule has 4 rings (SSSR count). The lowest BCUT2D eigenvalue weighted by Crippen LogP contribution is -2.56. The van der Waals surface area contributed by atoms with Gasteiger partial charge in [0.05, 0.1) is 6.10 Å². The summed E-state index contributed by atoms with van der Waals surface area (Å²) >= 11 is 1.57. The van der Waals surface area contributed by atoms with Crippen molar-refractivity contribution in [3.8, 4) is 11.1 Å². The molecule has 206 valence electrons. The van der Waals surface area contributed by atoms with Crippen LogP contribution in [0.5, 0.6) is 0 Å². The number of carbonyl (C=O) groups is 2. The Hall–Kier alpha value is -2.35. The van der Waals surface area contributed by atoms with Crippen molar-refractivity contribution in [2.75, 3.05) is 25.7 Å². The van der Waals surface area contributed by atoms with Gasteiger partial charge in [-0.15, -0.1) is 0 Å². The minimum atomic E-state index is -1.00. The van der Waals surface area contributed by atoms with Crippen molar-refractivity contribution >= 4 is 23.6 Å². The first kappa shape index (κ1) is 28.7. The number of aryl methyl sites for hydroxylation is 1. The number of rotatable bonds is 12. The smallest absolute Gasteiger partial charge is 0.326 e. The zero-order chi connectivity index (χ0) is 27.1. The highest BCUT2D eigenvalue weighted by molar-refractivity contribution is 7.98. The number of likely N-dealkylation sites (tertiary alicyclic amines) is 1. The average molecular weight is 539 g/mol. The number of nitrogens with zero attached hydrogens (tertiary/aromatic N) is 1. The third kappa shape index (κ3) is 6.80. The van der Waals surface area contributed by atoms with E-state index in [9.17, 15) is 14.7 Å². The number of ether oxygens (including phenoxy) is 1. The van der Waals surface area contributed by atoms with Gasteiger partial charge in [-0.25, -0.2) is 4.79 Å². The molecule has 0 bridgehead atoms. The summed E-state index contributed by atoms with van der Waals surface area (Å²) in [6, 6.07) is 13.6. The van der Waals surface area contributed by atoms with Crippen LogP contribution in [0.15, 0.2) is 42.5 Å². The number of thioether (sulfide) groups is 1. The second-order valence-corrected chi connectivity index (χ2v) is 11.8. The molecule has 2 fully saturated rings. The van der Waals surface area contributed by atoms with Gasteiger partial charge in [0.15, 0.2) is 0 Å². The largest absolute Gasteiger partial charge is 0.480 e. The SMILES string of the molecule is COC(C1CCCCC1)[C@@H]1CCN1Cc1ccc(C(=O)N[C@@H](CCSC)C(=O)O)c(-c2ccccc2C)c1. The molecule has 7 heteroatoms. The van der Waals surface area contributed by atoms with E-state index in [4.69, 9.17) is 4.74 Å². The first-order valence-corrected chi connectivity index (χ1v) is 15.3. The monoisotopic (exact) mass is 538 g/mol. The van der Waals surface area contributed by atoms with E-state index in [-0.39, 0.29) is 12.0 Å². The molecule has 0 spiro atoms. The number of hydrogen-bond donors (Lipinski definition) is 2. The van der Waals surface area contributed by atoms with Gasteiger partial charge in [-0.1, -0.05) is 49.6 Å². The molecule has 2 aromatic rings. The Labute approximate surface area is 231 Å². The van der Waals surface area contributed by atoms with Crippen molar-refractivity contribution in [3.63, 3.8) is 0 Å². The number of carboxylic acid groups (broad SMARTS) is 1. The van der Waals surface area contributed by atoms with E-state index in [1.165, 1.54) is 32.1 Å². The molecular weight excluding hydrogens is 496 g/mol. The molecule has 1 aliphatic carbocycles. The Kier molecular flexibility index (Phi) is 10.3. The molecule has 1 amide bonds. The molecule has 38 heavy (non-hydrogen) atoms. The van der Waals surface area contributed by atoms with E-state index in [2.05, 4.69) is 16.3 Å². The minimum Gasteiger partial charge on any atom is -0.480 e.